The Bertz CT molecular complexity index is 378. The van der Waals surface area contributed by atoms with Crippen LogP contribution in [0.25, 0.3) is 0 Å². The van der Waals surface area contributed by atoms with Crippen LogP contribution in [0.5, 0.6) is 5.75 Å². The Balaban J connectivity index is 2.13. The number of nitrogens with zero attached hydrogens (tertiary/aromatic N) is 1. The third kappa shape index (κ3) is 1.90. The van der Waals surface area contributed by atoms with Crippen LogP contribution in [0.15, 0.2) is 23.2 Å². The van der Waals surface area contributed by atoms with E-state index in [1.54, 1.807) is 18.2 Å². The Morgan fingerprint density at radius 1 is 1.50 bits per heavy atom. The van der Waals surface area contributed by atoms with E-state index in [0.29, 0.717) is 5.02 Å². The van der Waals surface area contributed by atoms with Gasteiger partial charge in [-0.15, -0.1) is 0 Å². The van der Waals surface area contributed by atoms with Crippen molar-refractivity contribution in [3.63, 3.8) is 0 Å². The summed E-state index contributed by atoms with van der Waals surface area (Å²) in [7, 11) is 0. The van der Waals surface area contributed by atoms with Gasteiger partial charge in [0, 0.05) is 12.2 Å². The maximum Gasteiger partial charge on any atom is 0.195 e. The highest BCUT2D eigenvalue weighted by atomic mass is 35.5. The zero-order valence-electron chi connectivity index (χ0n) is 7.42. The Hall–Kier alpha value is -1.42. The van der Waals surface area contributed by atoms with Crippen molar-refractivity contribution in [3.05, 3.63) is 23.2 Å². The lowest BCUT2D eigenvalue weighted by Gasteiger charge is -2.07. The van der Waals surface area contributed by atoms with Crippen LogP contribution in [0.2, 0.25) is 5.02 Å². The highest BCUT2D eigenvalue weighted by Crippen LogP contribution is 2.25. The van der Waals surface area contributed by atoms with E-state index in [2.05, 4.69) is 15.6 Å². The van der Waals surface area contributed by atoms with Gasteiger partial charge in [0.1, 0.15) is 5.75 Å². The molecule has 0 saturated heterocycles. The van der Waals surface area contributed by atoms with Gasteiger partial charge in [-0.2, -0.15) is 0 Å². The van der Waals surface area contributed by atoms with E-state index >= 15 is 0 Å². The number of anilines is 1. The average Bonchev–Trinajstić information content (AvgIpc) is 2.64. The molecule has 0 bridgehead atoms. The lowest BCUT2D eigenvalue weighted by atomic mass is 10.3. The van der Waals surface area contributed by atoms with Gasteiger partial charge >= 0.3 is 0 Å². The number of rotatable bonds is 1. The largest absolute Gasteiger partial charge is 0.506 e. The van der Waals surface area contributed by atoms with E-state index in [0.717, 1.165) is 24.7 Å². The topological polar surface area (TPSA) is 56.6 Å². The van der Waals surface area contributed by atoms with E-state index in [-0.39, 0.29) is 5.75 Å². The molecule has 5 heteroatoms. The van der Waals surface area contributed by atoms with E-state index in [9.17, 15) is 5.11 Å². The second kappa shape index (κ2) is 3.75. The fraction of sp³-hybridized carbons (Fsp3) is 0.222. The molecule has 3 N–H and O–H groups in total. The zero-order valence-corrected chi connectivity index (χ0v) is 8.17. The fourth-order valence-corrected chi connectivity index (χ4v) is 1.38. The summed E-state index contributed by atoms with van der Waals surface area (Å²) in [6, 6.07) is 4.93. The highest BCUT2D eigenvalue weighted by Gasteiger charge is 2.05. The molecule has 0 unspecified atom stereocenters. The minimum absolute atomic E-state index is 0.0820. The van der Waals surface area contributed by atoms with Gasteiger partial charge in [-0.3, -0.25) is 4.99 Å². The maximum atomic E-state index is 9.20. The van der Waals surface area contributed by atoms with Gasteiger partial charge < -0.3 is 15.7 Å². The van der Waals surface area contributed by atoms with Gasteiger partial charge in [0.25, 0.3) is 0 Å². The molecule has 2 rings (SSSR count). The zero-order chi connectivity index (χ0) is 9.97. The Labute approximate surface area is 86.6 Å². The van der Waals surface area contributed by atoms with Crippen molar-refractivity contribution in [1.82, 2.24) is 5.32 Å². The molecule has 14 heavy (non-hydrogen) atoms. The average molecular weight is 212 g/mol. The molecule has 1 heterocycles. The van der Waals surface area contributed by atoms with Crippen molar-refractivity contribution >= 4 is 23.2 Å². The Kier molecular flexibility index (Phi) is 2.45. The highest BCUT2D eigenvalue weighted by molar-refractivity contribution is 6.32. The first-order valence-electron chi connectivity index (χ1n) is 4.29. The van der Waals surface area contributed by atoms with Crippen LogP contribution < -0.4 is 10.6 Å². The molecule has 0 aromatic heterocycles. The van der Waals surface area contributed by atoms with Crippen LogP contribution in [-0.4, -0.2) is 24.2 Å². The molecule has 4 nitrogen and oxygen atoms in total. The molecule has 1 aromatic carbocycles. The van der Waals surface area contributed by atoms with Crippen LogP contribution in [0.1, 0.15) is 0 Å². The normalized spacial score (nSPS) is 14.8. The summed E-state index contributed by atoms with van der Waals surface area (Å²) >= 11 is 5.75. The van der Waals surface area contributed by atoms with Gasteiger partial charge in [0.05, 0.1) is 11.6 Å². The quantitative estimate of drug-likeness (QED) is 0.616. The summed E-state index contributed by atoms with van der Waals surface area (Å²) in [4.78, 5) is 4.17. The minimum Gasteiger partial charge on any atom is -0.506 e. The number of benzene rings is 1. The van der Waals surface area contributed by atoms with Gasteiger partial charge in [0.15, 0.2) is 5.96 Å². The van der Waals surface area contributed by atoms with Crippen LogP contribution >= 0.6 is 11.6 Å². The summed E-state index contributed by atoms with van der Waals surface area (Å²) in [6.45, 7) is 1.64. The van der Waals surface area contributed by atoms with Crippen molar-refractivity contribution in [2.45, 2.75) is 0 Å². The third-order valence-corrected chi connectivity index (χ3v) is 2.19. The number of hydrogen-bond acceptors (Lipinski definition) is 4. The van der Waals surface area contributed by atoms with Crippen LogP contribution in [0, 0.1) is 0 Å². The number of phenols is 1. The van der Waals surface area contributed by atoms with Crippen molar-refractivity contribution < 1.29 is 5.11 Å². The Morgan fingerprint density at radius 2 is 2.36 bits per heavy atom. The maximum absolute atomic E-state index is 9.20. The molecule has 1 aromatic rings. The summed E-state index contributed by atoms with van der Waals surface area (Å²) in [6.07, 6.45) is 0. The van der Waals surface area contributed by atoms with Crippen molar-refractivity contribution in [2.24, 2.45) is 4.99 Å². The molecular weight excluding hydrogens is 202 g/mol. The molecule has 0 amide bonds. The summed E-state index contributed by atoms with van der Waals surface area (Å²) in [5.41, 5.74) is 0.806. The summed E-state index contributed by atoms with van der Waals surface area (Å²) in [5.74, 6) is 0.824. The smallest absolute Gasteiger partial charge is 0.195 e. The number of nitrogens with one attached hydrogen (secondary N) is 2. The first-order chi connectivity index (χ1) is 6.75. The molecular formula is C9H10ClN3O. The lowest BCUT2D eigenvalue weighted by Crippen LogP contribution is -2.26. The van der Waals surface area contributed by atoms with Crippen molar-refractivity contribution in [3.8, 4) is 5.75 Å². The standard InChI is InChI=1S/C9H10ClN3O/c10-7-5-6(1-2-8(7)14)13-9-11-3-4-12-9/h1-2,5,14H,3-4H2,(H2,11,12,13). The van der Waals surface area contributed by atoms with E-state index in [1.165, 1.54) is 0 Å². The molecule has 0 atom stereocenters. The number of phenolic OH excluding ortho intramolecular Hbond substituents is 1. The molecule has 0 aliphatic carbocycles. The molecule has 0 radical (unpaired) electrons. The molecule has 0 spiro atoms. The van der Waals surface area contributed by atoms with Crippen molar-refractivity contribution in [1.29, 1.82) is 0 Å². The summed E-state index contributed by atoms with van der Waals surface area (Å²) < 4.78 is 0. The van der Waals surface area contributed by atoms with Crippen LogP contribution in [-0.2, 0) is 0 Å². The monoisotopic (exact) mass is 211 g/mol. The molecule has 1 aliphatic heterocycles. The minimum atomic E-state index is 0.0820. The molecule has 0 saturated carbocycles. The first kappa shape index (κ1) is 9.15. The predicted octanol–water partition coefficient (Wildman–Crippen LogP) is 1.42. The number of aromatic hydroxyl groups is 1. The van der Waals surface area contributed by atoms with Crippen LogP contribution in [0.3, 0.4) is 0 Å². The third-order valence-electron chi connectivity index (χ3n) is 1.88. The van der Waals surface area contributed by atoms with Crippen LogP contribution in [0.4, 0.5) is 5.69 Å². The second-order valence-corrected chi connectivity index (χ2v) is 3.36. The number of halogens is 1. The molecule has 1 aliphatic rings. The predicted molar refractivity (Wildman–Crippen MR) is 57.0 cm³/mol. The van der Waals surface area contributed by atoms with Gasteiger partial charge in [-0.1, -0.05) is 11.6 Å². The van der Waals surface area contributed by atoms with Gasteiger partial charge in [-0.05, 0) is 18.2 Å². The first-order valence-corrected chi connectivity index (χ1v) is 4.67. The lowest BCUT2D eigenvalue weighted by molar-refractivity contribution is 0.475. The number of guanidine groups is 1. The number of hydrogen-bond donors (Lipinski definition) is 3. The number of aliphatic imine (C=N–C) groups is 1. The Morgan fingerprint density at radius 3 is 3.00 bits per heavy atom. The van der Waals surface area contributed by atoms with E-state index < -0.39 is 0 Å². The molecule has 74 valence electrons. The van der Waals surface area contributed by atoms with E-state index in [4.69, 9.17) is 11.6 Å². The van der Waals surface area contributed by atoms with E-state index in [1.807, 2.05) is 0 Å². The van der Waals surface area contributed by atoms with Gasteiger partial charge in [-0.25, -0.2) is 0 Å². The summed E-state index contributed by atoms with van der Waals surface area (Å²) in [5, 5.41) is 15.7. The molecule has 0 fully saturated rings. The SMILES string of the molecule is Oc1ccc(NC2=NCCN2)cc1Cl. The second-order valence-electron chi connectivity index (χ2n) is 2.95. The van der Waals surface area contributed by atoms with Crippen molar-refractivity contribution in [2.75, 3.05) is 18.4 Å². The fourth-order valence-electron chi connectivity index (χ4n) is 1.20. The van der Waals surface area contributed by atoms with Gasteiger partial charge in [0.2, 0.25) is 0 Å².